The lowest BCUT2D eigenvalue weighted by atomic mass is 9.77. The number of halogens is 1. The molecule has 3 rings (SSSR count). The highest BCUT2D eigenvalue weighted by molar-refractivity contribution is 9.10. The van der Waals surface area contributed by atoms with Crippen LogP contribution in [-0.4, -0.2) is 18.9 Å². The second-order valence-electron chi connectivity index (χ2n) is 5.44. The monoisotopic (exact) mass is 377 g/mol. The Labute approximate surface area is 142 Å². The number of methoxy groups -OCH3 is 1. The molecule has 0 radical (unpaired) electrons. The van der Waals surface area contributed by atoms with Gasteiger partial charge in [-0.15, -0.1) is 0 Å². The minimum absolute atomic E-state index is 0.00560. The molecule has 6 heteroatoms. The van der Waals surface area contributed by atoms with Gasteiger partial charge in [0.1, 0.15) is 11.3 Å². The zero-order valence-corrected chi connectivity index (χ0v) is 14.2. The molecule has 0 aromatic heterocycles. The van der Waals surface area contributed by atoms with E-state index >= 15 is 0 Å². The molecule has 1 atom stereocenters. The van der Waals surface area contributed by atoms with Gasteiger partial charge >= 0.3 is 5.97 Å². The molecule has 0 fully saturated rings. The summed E-state index contributed by atoms with van der Waals surface area (Å²) in [7, 11) is 1.28. The lowest BCUT2D eigenvalue weighted by Gasteiger charge is -2.32. The van der Waals surface area contributed by atoms with Crippen LogP contribution in [-0.2, 0) is 19.1 Å². The van der Waals surface area contributed by atoms with Gasteiger partial charge in [-0.2, -0.15) is 0 Å². The fraction of sp³-hybridized carbons (Fsp3) is 0.294. The molecule has 0 saturated heterocycles. The average Bonchev–Trinajstić information content (AvgIpc) is 2.54. The SMILES string of the molecule is COC(=O)C1=C(N)OC2=C(C(=O)CCC2)C1c1ccccc1Br. The molecule has 0 spiro atoms. The fourth-order valence-corrected chi connectivity index (χ4v) is 3.60. The Morgan fingerprint density at radius 1 is 1.35 bits per heavy atom. The number of carbonyl (C=O) groups is 2. The van der Waals surface area contributed by atoms with Crippen molar-refractivity contribution in [1.29, 1.82) is 0 Å². The molecule has 1 heterocycles. The van der Waals surface area contributed by atoms with Crippen molar-refractivity contribution in [2.45, 2.75) is 25.2 Å². The molecule has 2 aliphatic rings. The maximum Gasteiger partial charge on any atom is 0.340 e. The number of rotatable bonds is 2. The number of hydrogen-bond acceptors (Lipinski definition) is 5. The molecule has 120 valence electrons. The van der Waals surface area contributed by atoms with Gasteiger partial charge in [0.2, 0.25) is 5.88 Å². The topological polar surface area (TPSA) is 78.6 Å². The van der Waals surface area contributed by atoms with E-state index in [4.69, 9.17) is 15.2 Å². The summed E-state index contributed by atoms with van der Waals surface area (Å²) in [6, 6.07) is 7.45. The van der Waals surface area contributed by atoms with Gasteiger partial charge in [-0.3, -0.25) is 4.79 Å². The number of ketones is 1. The third kappa shape index (κ3) is 2.67. The summed E-state index contributed by atoms with van der Waals surface area (Å²) in [5.74, 6) is -0.609. The van der Waals surface area contributed by atoms with Crippen LogP contribution in [0.4, 0.5) is 0 Å². The van der Waals surface area contributed by atoms with E-state index in [0.717, 1.165) is 16.5 Å². The standard InChI is InChI=1S/C17H16BrNO4/c1-22-17(21)15-13(9-5-2-3-6-10(9)18)14-11(20)7-4-8-12(14)23-16(15)19/h2-3,5-6,13H,4,7-8,19H2,1H3. The Balaban J connectivity index is 2.23. The first-order valence-electron chi connectivity index (χ1n) is 7.31. The summed E-state index contributed by atoms with van der Waals surface area (Å²) < 4.78 is 11.2. The van der Waals surface area contributed by atoms with Crippen LogP contribution in [0, 0.1) is 0 Å². The number of esters is 1. The lowest BCUT2D eigenvalue weighted by Crippen LogP contribution is -2.31. The zero-order valence-electron chi connectivity index (χ0n) is 12.6. The Hall–Kier alpha value is -2.08. The van der Waals surface area contributed by atoms with Crippen molar-refractivity contribution in [2.75, 3.05) is 7.11 Å². The zero-order chi connectivity index (χ0) is 16.6. The van der Waals surface area contributed by atoms with Crippen LogP contribution in [0.25, 0.3) is 0 Å². The summed E-state index contributed by atoms with van der Waals surface area (Å²) in [6.07, 6.45) is 1.80. The van der Waals surface area contributed by atoms with E-state index in [1.165, 1.54) is 7.11 Å². The largest absolute Gasteiger partial charge is 0.465 e. The van der Waals surface area contributed by atoms with Crippen molar-refractivity contribution in [3.05, 3.63) is 57.1 Å². The quantitative estimate of drug-likeness (QED) is 0.801. The third-order valence-electron chi connectivity index (χ3n) is 4.11. The van der Waals surface area contributed by atoms with Crippen molar-refractivity contribution >= 4 is 27.7 Å². The third-order valence-corrected chi connectivity index (χ3v) is 4.83. The predicted octanol–water partition coefficient (Wildman–Crippen LogP) is 2.91. The van der Waals surface area contributed by atoms with Crippen LogP contribution >= 0.6 is 15.9 Å². The van der Waals surface area contributed by atoms with E-state index in [-0.39, 0.29) is 17.2 Å². The second kappa shape index (κ2) is 6.20. The fourth-order valence-electron chi connectivity index (χ4n) is 3.09. The molecule has 0 amide bonds. The first-order valence-corrected chi connectivity index (χ1v) is 8.10. The van der Waals surface area contributed by atoms with Crippen molar-refractivity contribution < 1.29 is 19.1 Å². The van der Waals surface area contributed by atoms with E-state index in [2.05, 4.69) is 15.9 Å². The van der Waals surface area contributed by atoms with E-state index in [0.29, 0.717) is 24.2 Å². The smallest absolute Gasteiger partial charge is 0.340 e. The lowest BCUT2D eigenvalue weighted by molar-refractivity contribution is -0.136. The van der Waals surface area contributed by atoms with Crippen molar-refractivity contribution in [3.8, 4) is 0 Å². The van der Waals surface area contributed by atoms with Gasteiger partial charge in [0.05, 0.1) is 13.0 Å². The molecule has 1 aliphatic heterocycles. The highest BCUT2D eigenvalue weighted by Crippen LogP contribution is 2.45. The molecular weight excluding hydrogens is 362 g/mol. The molecule has 0 bridgehead atoms. The summed E-state index contributed by atoms with van der Waals surface area (Å²) in [5.41, 5.74) is 7.46. The summed E-state index contributed by atoms with van der Waals surface area (Å²) in [6.45, 7) is 0. The van der Waals surface area contributed by atoms with Gasteiger partial charge in [0, 0.05) is 22.9 Å². The van der Waals surface area contributed by atoms with Crippen LogP contribution in [0.1, 0.15) is 30.7 Å². The molecule has 1 aliphatic carbocycles. The maximum absolute atomic E-state index is 12.5. The number of carbonyl (C=O) groups excluding carboxylic acids is 2. The Kier molecular flexibility index (Phi) is 4.26. The van der Waals surface area contributed by atoms with Gasteiger partial charge in [0.15, 0.2) is 5.78 Å². The molecule has 0 saturated carbocycles. The van der Waals surface area contributed by atoms with E-state index in [1.54, 1.807) is 0 Å². The first kappa shape index (κ1) is 15.8. The number of nitrogens with two attached hydrogens (primary N) is 1. The minimum atomic E-state index is -0.590. The van der Waals surface area contributed by atoms with Crippen molar-refractivity contribution in [3.63, 3.8) is 0 Å². The maximum atomic E-state index is 12.5. The molecule has 1 aromatic carbocycles. The predicted molar refractivity (Wildman–Crippen MR) is 87.1 cm³/mol. The van der Waals surface area contributed by atoms with Crippen LogP contribution in [0.15, 0.2) is 51.5 Å². The van der Waals surface area contributed by atoms with E-state index in [9.17, 15) is 9.59 Å². The molecule has 1 aromatic rings. The summed E-state index contributed by atoms with van der Waals surface area (Å²) in [5, 5.41) is 0. The van der Waals surface area contributed by atoms with Gasteiger partial charge in [0.25, 0.3) is 0 Å². The summed E-state index contributed by atoms with van der Waals surface area (Å²) in [4.78, 5) is 24.8. The van der Waals surface area contributed by atoms with Crippen LogP contribution in [0.2, 0.25) is 0 Å². The van der Waals surface area contributed by atoms with Crippen LogP contribution < -0.4 is 5.73 Å². The van der Waals surface area contributed by atoms with Crippen molar-refractivity contribution in [2.24, 2.45) is 5.73 Å². The highest BCUT2D eigenvalue weighted by Gasteiger charge is 2.41. The molecule has 5 nitrogen and oxygen atoms in total. The molecule has 1 unspecified atom stereocenters. The van der Waals surface area contributed by atoms with Crippen LogP contribution in [0.5, 0.6) is 0 Å². The second-order valence-corrected chi connectivity index (χ2v) is 6.29. The van der Waals surface area contributed by atoms with Gasteiger partial charge in [-0.25, -0.2) is 4.79 Å². The molecule has 2 N–H and O–H groups in total. The highest BCUT2D eigenvalue weighted by atomic mass is 79.9. The average molecular weight is 378 g/mol. The Bertz CT molecular complexity index is 751. The first-order chi connectivity index (χ1) is 11.0. The van der Waals surface area contributed by atoms with Gasteiger partial charge < -0.3 is 15.2 Å². The number of allylic oxidation sites excluding steroid dienone is 2. The van der Waals surface area contributed by atoms with E-state index in [1.807, 2.05) is 24.3 Å². The number of hydrogen-bond donors (Lipinski definition) is 1. The Morgan fingerprint density at radius 2 is 2.09 bits per heavy atom. The summed E-state index contributed by atoms with van der Waals surface area (Å²) >= 11 is 3.50. The van der Waals surface area contributed by atoms with Gasteiger partial charge in [-0.05, 0) is 18.1 Å². The van der Waals surface area contributed by atoms with E-state index < -0.39 is 11.9 Å². The normalized spacial score (nSPS) is 21.0. The number of Topliss-reactive ketones (excluding diaryl/α,β-unsaturated/α-hetero) is 1. The Morgan fingerprint density at radius 3 is 2.78 bits per heavy atom. The number of ether oxygens (including phenoxy) is 2. The van der Waals surface area contributed by atoms with Crippen molar-refractivity contribution in [1.82, 2.24) is 0 Å². The van der Waals surface area contributed by atoms with Crippen LogP contribution in [0.3, 0.4) is 0 Å². The van der Waals surface area contributed by atoms with Gasteiger partial charge in [-0.1, -0.05) is 34.1 Å². The molecular formula is C17H16BrNO4. The molecule has 23 heavy (non-hydrogen) atoms. The minimum Gasteiger partial charge on any atom is -0.465 e. The number of benzene rings is 1.